The summed E-state index contributed by atoms with van der Waals surface area (Å²) in [4.78, 5) is 22.0. The summed E-state index contributed by atoms with van der Waals surface area (Å²) in [6, 6.07) is 6.74. The van der Waals surface area contributed by atoms with Gasteiger partial charge in [-0.2, -0.15) is 0 Å². The zero-order valence-electron chi connectivity index (χ0n) is 10.5. The van der Waals surface area contributed by atoms with Crippen molar-refractivity contribution in [2.24, 2.45) is 0 Å². The van der Waals surface area contributed by atoms with E-state index in [1.807, 2.05) is 0 Å². The second-order valence-electron chi connectivity index (χ2n) is 4.21. The molecule has 2 aromatic rings. The van der Waals surface area contributed by atoms with Crippen molar-refractivity contribution in [3.63, 3.8) is 0 Å². The quantitative estimate of drug-likeness (QED) is 0.646. The maximum Gasteiger partial charge on any atom is 0.334 e. The summed E-state index contributed by atoms with van der Waals surface area (Å²) in [5, 5.41) is 10.9. The van der Waals surface area contributed by atoms with Crippen LogP contribution in [-0.2, 0) is 6.54 Å². The lowest BCUT2D eigenvalue weighted by molar-refractivity contribution is -0.386. The molecule has 1 aromatic heterocycles. The zero-order chi connectivity index (χ0) is 14.9. The van der Waals surface area contributed by atoms with Crippen LogP contribution < -0.4 is 5.56 Å². The van der Waals surface area contributed by atoms with E-state index < -0.39 is 22.0 Å². The number of halogens is 2. The van der Waals surface area contributed by atoms with Gasteiger partial charge in [0.25, 0.3) is 0 Å². The highest BCUT2D eigenvalue weighted by atomic mass is 35.5. The van der Waals surface area contributed by atoms with Crippen molar-refractivity contribution in [2.45, 2.75) is 13.5 Å². The van der Waals surface area contributed by atoms with Crippen molar-refractivity contribution in [2.75, 3.05) is 0 Å². The largest absolute Gasteiger partial charge is 0.334 e. The Morgan fingerprint density at radius 2 is 2.05 bits per heavy atom. The summed E-state index contributed by atoms with van der Waals surface area (Å²) in [5.74, 6) is -0.560. The second-order valence-corrected chi connectivity index (χ2v) is 4.62. The average Bonchev–Trinajstić information content (AvgIpc) is 2.36. The summed E-state index contributed by atoms with van der Waals surface area (Å²) in [7, 11) is 0. The molecule has 0 saturated heterocycles. The van der Waals surface area contributed by atoms with Gasteiger partial charge >= 0.3 is 11.2 Å². The number of hydrogen-bond donors (Lipinski definition) is 0. The number of aromatic nitrogens is 1. The summed E-state index contributed by atoms with van der Waals surface area (Å²) in [6.45, 7) is 1.46. The van der Waals surface area contributed by atoms with Gasteiger partial charge < -0.3 is 4.57 Å². The summed E-state index contributed by atoms with van der Waals surface area (Å²) in [5.41, 5.74) is -0.725. The number of nitro groups is 1. The minimum Gasteiger partial charge on any atom is -0.302 e. The summed E-state index contributed by atoms with van der Waals surface area (Å²) >= 11 is 5.90. The number of aryl methyl sites for hydroxylation is 1. The highest BCUT2D eigenvalue weighted by Crippen LogP contribution is 2.20. The van der Waals surface area contributed by atoms with Crippen LogP contribution in [0, 0.1) is 22.9 Å². The molecule has 1 aromatic carbocycles. The lowest BCUT2D eigenvalue weighted by atomic mass is 10.2. The van der Waals surface area contributed by atoms with Gasteiger partial charge in [-0.15, -0.1) is 0 Å². The first-order valence-electron chi connectivity index (χ1n) is 5.69. The Morgan fingerprint density at radius 1 is 1.35 bits per heavy atom. The number of benzene rings is 1. The molecule has 0 unspecified atom stereocenters. The van der Waals surface area contributed by atoms with Gasteiger partial charge in [0.2, 0.25) is 0 Å². The normalized spacial score (nSPS) is 10.6. The van der Waals surface area contributed by atoms with Crippen LogP contribution in [0.2, 0.25) is 5.02 Å². The first-order chi connectivity index (χ1) is 9.41. The monoisotopic (exact) mass is 296 g/mol. The van der Waals surface area contributed by atoms with Crippen molar-refractivity contribution >= 4 is 17.3 Å². The highest BCUT2D eigenvalue weighted by molar-refractivity contribution is 6.31. The Bertz CT molecular complexity index is 723. The molecule has 20 heavy (non-hydrogen) atoms. The minimum atomic E-state index is -0.783. The SMILES string of the molecule is Cc1ccc([N+](=O)[O-])c(=O)n1Cc1c(F)cccc1Cl. The third-order valence-electron chi connectivity index (χ3n) is 2.95. The average molecular weight is 297 g/mol. The first kappa shape index (κ1) is 14.2. The fourth-order valence-corrected chi connectivity index (χ4v) is 2.06. The van der Waals surface area contributed by atoms with E-state index in [0.717, 1.165) is 10.6 Å². The van der Waals surface area contributed by atoms with Gasteiger partial charge in [-0.05, 0) is 25.1 Å². The lowest BCUT2D eigenvalue weighted by Crippen LogP contribution is -2.25. The molecule has 0 atom stereocenters. The fraction of sp³-hybridized carbons (Fsp3) is 0.154. The van der Waals surface area contributed by atoms with Gasteiger partial charge in [0, 0.05) is 22.3 Å². The van der Waals surface area contributed by atoms with Crippen LogP contribution in [0.4, 0.5) is 10.1 Å². The number of nitrogens with zero attached hydrogens (tertiary/aromatic N) is 2. The first-order valence-corrected chi connectivity index (χ1v) is 6.07. The predicted molar refractivity (Wildman–Crippen MR) is 72.6 cm³/mol. The Hall–Kier alpha value is -2.21. The molecule has 0 radical (unpaired) electrons. The van der Waals surface area contributed by atoms with E-state index in [4.69, 9.17) is 11.6 Å². The van der Waals surface area contributed by atoms with Crippen LogP contribution in [-0.4, -0.2) is 9.49 Å². The number of rotatable bonds is 3. The molecule has 0 spiro atoms. The Morgan fingerprint density at radius 3 is 2.65 bits per heavy atom. The molecule has 0 aliphatic heterocycles. The molecule has 104 valence electrons. The van der Waals surface area contributed by atoms with Crippen molar-refractivity contribution in [3.8, 4) is 0 Å². The van der Waals surface area contributed by atoms with Crippen LogP contribution in [0.3, 0.4) is 0 Å². The van der Waals surface area contributed by atoms with E-state index in [-0.39, 0.29) is 17.1 Å². The van der Waals surface area contributed by atoms with Gasteiger partial charge in [0.05, 0.1) is 11.5 Å². The molecule has 1 heterocycles. The molecule has 0 bridgehead atoms. The predicted octanol–water partition coefficient (Wildman–Crippen LogP) is 2.91. The zero-order valence-corrected chi connectivity index (χ0v) is 11.2. The van der Waals surface area contributed by atoms with Gasteiger partial charge in [0.15, 0.2) is 0 Å². The Balaban J connectivity index is 2.57. The van der Waals surface area contributed by atoms with Gasteiger partial charge in [0.1, 0.15) is 5.82 Å². The molecule has 0 aliphatic carbocycles. The highest BCUT2D eigenvalue weighted by Gasteiger charge is 2.17. The maximum atomic E-state index is 13.7. The molecule has 0 aliphatic rings. The van der Waals surface area contributed by atoms with Crippen molar-refractivity contribution in [1.29, 1.82) is 0 Å². The number of pyridine rings is 1. The molecule has 5 nitrogen and oxygen atoms in total. The van der Waals surface area contributed by atoms with E-state index in [2.05, 4.69) is 0 Å². The van der Waals surface area contributed by atoms with Crippen LogP contribution in [0.15, 0.2) is 35.1 Å². The molecule has 0 amide bonds. The maximum absolute atomic E-state index is 13.7. The molecular formula is C13H10ClFN2O3. The van der Waals surface area contributed by atoms with Crippen LogP contribution in [0.5, 0.6) is 0 Å². The minimum absolute atomic E-state index is 0.125. The van der Waals surface area contributed by atoms with Gasteiger partial charge in [-0.1, -0.05) is 17.7 Å². The Labute approximate surface area is 118 Å². The molecule has 0 N–H and O–H groups in total. The molecule has 7 heteroatoms. The van der Waals surface area contributed by atoms with Crippen LogP contribution >= 0.6 is 11.6 Å². The van der Waals surface area contributed by atoms with Crippen LogP contribution in [0.25, 0.3) is 0 Å². The van der Waals surface area contributed by atoms with Gasteiger partial charge in [-0.25, -0.2) is 4.39 Å². The van der Waals surface area contributed by atoms with Crippen molar-refractivity contribution in [3.05, 3.63) is 72.9 Å². The third-order valence-corrected chi connectivity index (χ3v) is 3.30. The smallest absolute Gasteiger partial charge is 0.302 e. The van der Waals surface area contributed by atoms with E-state index in [1.165, 1.54) is 24.3 Å². The topological polar surface area (TPSA) is 65.1 Å². The number of hydrogen-bond acceptors (Lipinski definition) is 3. The molecular weight excluding hydrogens is 287 g/mol. The summed E-state index contributed by atoms with van der Waals surface area (Å²) in [6.07, 6.45) is 0. The lowest BCUT2D eigenvalue weighted by Gasteiger charge is -2.11. The Kier molecular flexibility index (Phi) is 3.85. The molecule has 2 rings (SSSR count). The van der Waals surface area contributed by atoms with Gasteiger partial charge in [-0.3, -0.25) is 14.9 Å². The van der Waals surface area contributed by atoms with E-state index in [1.54, 1.807) is 6.92 Å². The van der Waals surface area contributed by atoms with Crippen LogP contribution in [0.1, 0.15) is 11.3 Å². The van der Waals surface area contributed by atoms with E-state index in [0.29, 0.717) is 5.69 Å². The molecule has 0 fully saturated rings. The molecule has 0 saturated carbocycles. The van der Waals surface area contributed by atoms with E-state index in [9.17, 15) is 19.3 Å². The standard InChI is InChI=1S/C13H10ClFN2O3/c1-8-5-6-12(17(19)20)13(18)16(8)7-9-10(14)3-2-4-11(9)15/h2-6H,7H2,1H3. The van der Waals surface area contributed by atoms with Crippen molar-refractivity contribution in [1.82, 2.24) is 4.57 Å². The second kappa shape index (κ2) is 5.42. The fourth-order valence-electron chi connectivity index (χ4n) is 1.84. The summed E-state index contributed by atoms with van der Waals surface area (Å²) < 4.78 is 14.9. The van der Waals surface area contributed by atoms with E-state index >= 15 is 0 Å². The van der Waals surface area contributed by atoms with Crippen molar-refractivity contribution < 1.29 is 9.31 Å². The third kappa shape index (κ3) is 2.55.